The smallest absolute Gasteiger partial charge is 0.0580 e. The number of rotatable bonds is 5. The van der Waals surface area contributed by atoms with E-state index in [1.807, 2.05) is 12.1 Å². The fraction of sp³-hybridized carbons (Fsp3) is 0.600. The van der Waals surface area contributed by atoms with Crippen molar-refractivity contribution in [3.05, 3.63) is 34.9 Å². The van der Waals surface area contributed by atoms with Crippen LogP contribution >= 0.6 is 11.6 Å². The Morgan fingerprint density at radius 2 is 2.06 bits per heavy atom. The minimum atomic E-state index is -0.0970. The van der Waals surface area contributed by atoms with Crippen LogP contribution in [0.3, 0.4) is 0 Å². The van der Waals surface area contributed by atoms with E-state index in [2.05, 4.69) is 24.4 Å². The molecule has 1 aromatic rings. The predicted molar refractivity (Wildman–Crippen MR) is 76.0 cm³/mol. The molecule has 0 aromatic heterocycles. The minimum Gasteiger partial charge on any atom is -0.393 e. The van der Waals surface area contributed by atoms with Gasteiger partial charge in [0.15, 0.2) is 0 Å². The highest BCUT2D eigenvalue weighted by Crippen LogP contribution is 2.24. The lowest BCUT2D eigenvalue weighted by molar-refractivity contribution is 0.130. The first-order chi connectivity index (χ1) is 8.65. The van der Waals surface area contributed by atoms with Gasteiger partial charge in [-0.2, -0.15) is 0 Å². The van der Waals surface area contributed by atoms with E-state index in [9.17, 15) is 5.11 Å². The molecule has 0 aliphatic heterocycles. The molecule has 3 atom stereocenters. The number of aliphatic hydroxyl groups is 1. The third-order valence-electron chi connectivity index (χ3n) is 3.80. The van der Waals surface area contributed by atoms with Crippen molar-refractivity contribution in [2.24, 2.45) is 5.92 Å². The molecule has 3 heteroatoms. The summed E-state index contributed by atoms with van der Waals surface area (Å²) in [4.78, 5) is 0. The molecule has 18 heavy (non-hydrogen) atoms. The SMILES string of the molecule is CC(Cc1ccc(Cl)cc1)NCC1CCCC1O. The van der Waals surface area contributed by atoms with E-state index in [0.717, 1.165) is 30.8 Å². The molecule has 0 saturated heterocycles. The van der Waals surface area contributed by atoms with Crippen LogP contribution in [0.25, 0.3) is 0 Å². The highest BCUT2D eigenvalue weighted by molar-refractivity contribution is 6.30. The first kappa shape index (κ1) is 13.9. The van der Waals surface area contributed by atoms with E-state index < -0.39 is 0 Å². The molecule has 1 aliphatic rings. The Kier molecular flexibility index (Phi) is 5.04. The summed E-state index contributed by atoms with van der Waals surface area (Å²) in [5, 5.41) is 14.1. The van der Waals surface area contributed by atoms with Gasteiger partial charge < -0.3 is 10.4 Å². The van der Waals surface area contributed by atoms with Crippen molar-refractivity contribution in [1.82, 2.24) is 5.32 Å². The Labute approximate surface area is 114 Å². The van der Waals surface area contributed by atoms with E-state index in [0.29, 0.717) is 12.0 Å². The minimum absolute atomic E-state index is 0.0970. The molecule has 2 nitrogen and oxygen atoms in total. The maximum Gasteiger partial charge on any atom is 0.0580 e. The summed E-state index contributed by atoms with van der Waals surface area (Å²) in [6, 6.07) is 8.45. The van der Waals surface area contributed by atoms with Gasteiger partial charge in [0.2, 0.25) is 0 Å². The molecule has 1 aliphatic carbocycles. The number of hydrogen-bond donors (Lipinski definition) is 2. The van der Waals surface area contributed by atoms with Crippen LogP contribution in [0, 0.1) is 5.92 Å². The van der Waals surface area contributed by atoms with Gasteiger partial charge in [-0.25, -0.2) is 0 Å². The molecule has 0 radical (unpaired) electrons. The van der Waals surface area contributed by atoms with Crippen LogP contribution in [-0.4, -0.2) is 23.8 Å². The van der Waals surface area contributed by atoms with Gasteiger partial charge in [-0.3, -0.25) is 0 Å². The monoisotopic (exact) mass is 267 g/mol. The topological polar surface area (TPSA) is 32.3 Å². The number of halogens is 1. The maximum atomic E-state index is 9.77. The average Bonchev–Trinajstić information content (AvgIpc) is 2.75. The maximum absolute atomic E-state index is 9.77. The molecule has 0 heterocycles. The predicted octanol–water partition coefficient (Wildman–Crippen LogP) is 3.02. The number of hydrogen-bond acceptors (Lipinski definition) is 2. The molecule has 0 bridgehead atoms. The molecule has 2 rings (SSSR count). The average molecular weight is 268 g/mol. The van der Waals surface area contributed by atoms with Crippen molar-refractivity contribution in [1.29, 1.82) is 0 Å². The zero-order valence-electron chi connectivity index (χ0n) is 10.9. The summed E-state index contributed by atoms with van der Waals surface area (Å²) >= 11 is 5.87. The Balaban J connectivity index is 1.74. The summed E-state index contributed by atoms with van der Waals surface area (Å²) in [5.41, 5.74) is 1.30. The molecule has 100 valence electrons. The zero-order chi connectivity index (χ0) is 13.0. The van der Waals surface area contributed by atoms with Gasteiger partial charge in [0.25, 0.3) is 0 Å². The van der Waals surface area contributed by atoms with E-state index in [1.54, 1.807) is 0 Å². The van der Waals surface area contributed by atoms with E-state index >= 15 is 0 Å². The lowest BCUT2D eigenvalue weighted by Crippen LogP contribution is -2.35. The molecule has 1 saturated carbocycles. The second-order valence-electron chi connectivity index (χ2n) is 5.40. The standard InChI is InChI=1S/C15H22ClNO/c1-11(9-12-5-7-14(16)8-6-12)17-10-13-3-2-4-15(13)18/h5-8,11,13,15,17-18H,2-4,9-10H2,1H3. The molecule has 3 unspecified atom stereocenters. The third kappa shape index (κ3) is 3.98. The highest BCUT2D eigenvalue weighted by Gasteiger charge is 2.24. The Morgan fingerprint density at radius 3 is 2.67 bits per heavy atom. The number of aliphatic hydroxyl groups excluding tert-OH is 1. The quantitative estimate of drug-likeness (QED) is 0.860. The summed E-state index contributed by atoms with van der Waals surface area (Å²) < 4.78 is 0. The van der Waals surface area contributed by atoms with Gasteiger partial charge in [0, 0.05) is 17.6 Å². The Morgan fingerprint density at radius 1 is 1.33 bits per heavy atom. The van der Waals surface area contributed by atoms with Gasteiger partial charge >= 0.3 is 0 Å². The Bertz CT molecular complexity index is 365. The van der Waals surface area contributed by atoms with Crippen molar-refractivity contribution in [2.45, 2.75) is 44.8 Å². The second kappa shape index (κ2) is 6.55. The fourth-order valence-corrected chi connectivity index (χ4v) is 2.78. The molecule has 1 aromatic carbocycles. The van der Waals surface area contributed by atoms with Gasteiger partial charge in [-0.1, -0.05) is 30.2 Å². The molecule has 0 spiro atoms. The van der Waals surface area contributed by atoms with E-state index in [4.69, 9.17) is 11.6 Å². The first-order valence-corrected chi connectivity index (χ1v) is 7.19. The van der Waals surface area contributed by atoms with Crippen LogP contribution in [0.1, 0.15) is 31.7 Å². The van der Waals surface area contributed by atoms with E-state index in [-0.39, 0.29) is 6.10 Å². The van der Waals surface area contributed by atoms with E-state index in [1.165, 1.54) is 12.0 Å². The molecule has 2 N–H and O–H groups in total. The zero-order valence-corrected chi connectivity index (χ0v) is 11.7. The van der Waals surface area contributed by atoms with Crippen LogP contribution in [0.2, 0.25) is 5.02 Å². The summed E-state index contributed by atoms with van der Waals surface area (Å²) in [5.74, 6) is 0.442. The number of nitrogens with one attached hydrogen (secondary N) is 1. The molecular formula is C15H22ClNO. The molecular weight excluding hydrogens is 246 g/mol. The molecule has 1 fully saturated rings. The van der Waals surface area contributed by atoms with Crippen molar-refractivity contribution < 1.29 is 5.11 Å². The summed E-state index contributed by atoms with van der Waals surface area (Å²) in [6.07, 6.45) is 4.19. The third-order valence-corrected chi connectivity index (χ3v) is 4.05. The normalized spacial score (nSPS) is 25.3. The highest BCUT2D eigenvalue weighted by atomic mass is 35.5. The molecule has 0 amide bonds. The lowest BCUT2D eigenvalue weighted by atomic mass is 10.0. The summed E-state index contributed by atoms with van der Waals surface area (Å²) in [6.45, 7) is 3.12. The second-order valence-corrected chi connectivity index (χ2v) is 5.83. The largest absolute Gasteiger partial charge is 0.393 e. The van der Waals surface area contributed by atoms with Crippen LogP contribution in [0.15, 0.2) is 24.3 Å². The fourth-order valence-electron chi connectivity index (χ4n) is 2.65. The van der Waals surface area contributed by atoms with Crippen LogP contribution < -0.4 is 5.32 Å². The van der Waals surface area contributed by atoms with Gasteiger partial charge in [0.05, 0.1) is 6.10 Å². The summed E-state index contributed by atoms with van der Waals surface area (Å²) in [7, 11) is 0. The van der Waals surface area contributed by atoms with Crippen LogP contribution in [0.5, 0.6) is 0 Å². The van der Waals surface area contributed by atoms with Gasteiger partial charge in [-0.15, -0.1) is 0 Å². The van der Waals surface area contributed by atoms with Crippen molar-refractivity contribution in [2.75, 3.05) is 6.54 Å². The number of benzene rings is 1. The van der Waals surface area contributed by atoms with Crippen molar-refractivity contribution >= 4 is 11.6 Å². The van der Waals surface area contributed by atoms with Crippen LogP contribution in [0.4, 0.5) is 0 Å². The van der Waals surface area contributed by atoms with Crippen molar-refractivity contribution in [3.8, 4) is 0 Å². The van der Waals surface area contributed by atoms with Gasteiger partial charge in [0.1, 0.15) is 0 Å². The van der Waals surface area contributed by atoms with Gasteiger partial charge in [-0.05, 0) is 49.8 Å². The van der Waals surface area contributed by atoms with Crippen LogP contribution in [-0.2, 0) is 6.42 Å². The Hall–Kier alpha value is -0.570. The first-order valence-electron chi connectivity index (χ1n) is 6.81. The lowest BCUT2D eigenvalue weighted by Gasteiger charge is -2.19. The van der Waals surface area contributed by atoms with Crippen molar-refractivity contribution in [3.63, 3.8) is 0 Å².